The fraction of sp³-hybridized carbons (Fsp3) is 0.875. The van der Waals surface area contributed by atoms with Crippen LogP contribution in [0.5, 0.6) is 0 Å². The maximum absolute atomic E-state index is 11.8. The summed E-state index contributed by atoms with van der Waals surface area (Å²) in [5, 5.41) is 14.8. The van der Waals surface area contributed by atoms with Crippen LogP contribution in [0.25, 0.3) is 0 Å². The van der Waals surface area contributed by atoms with Crippen LogP contribution in [0.15, 0.2) is 0 Å². The molecule has 0 spiro atoms. The van der Waals surface area contributed by atoms with E-state index in [1.54, 1.807) is 0 Å². The van der Waals surface area contributed by atoms with Gasteiger partial charge < -0.3 is 15.7 Å². The Balaban J connectivity index is 3.83. The zero-order valence-corrected chi connectivity index (χ0v) is 14.0. The van der Waals surface area contributed by atoms with Crippen molar-refractivity contribution in [1.29, 1.82) is 0 Å². The topological polar surface area (TPSA) is 78.4 Å². The van der Waals surface area contributed by atoms with E-state index in [4.69, 9.17) is 5.11 Å². The molecule has 0 aliphatic heterocycles. The van der Waals surface area contributed by atoms with Gasteiger partial charge in [0.15, 0.2) is 0 Å². The molecule has 3 N–H and O–H groups in total. The minimum Gasteiger partial charge on any atom is -0.481 e. The molecule has 0 aliphatic rings. The van der Waals surface area contributed by atoms with E-state index in [2.05, 4.69) is 31.4 Å². The molecule has 0 heterocycles. The van der Waals surface area contributed by atoms with Crippen LogP contribution in [0.2, 0.25) is 0 Å². The largest absolute Gasteiger partial charge is 0.481 e. The molecule has 124 valence electrons. The van der Waals surface area contributed by atoms with E-state index in [1.165, 1.54) is 0 Å². The maximum atomic E-state index is 11.8. The molecule has 0 aliphatic carbocycles. The summed E-state index contributed by atoms with van der Waals surface area (Å²) in [7, 11) is 0. The van der Waals surface area contributed by atoms with Gasteiger partial charge in [0, 0.05) is 13.0 Å². The van der Waals surface area contributed by atoms with Crippen molar-refractivity contribution >= 4 is 11.9 Å². The molecule has 0 saturated carbocycles. The molecular formula is C16H32N2O3. The quantitative estimate of drug-likeness (QED) is 0.484. The number of carbonyl (C=O) groups is 2. The molecule has 0 rings (SSSR count). The molecule has 1 atom stereocenters. The number of carboxylic acids is 1. The van der Waals surface area contributed by atoms with Gasteiger partial charge in [-0.05, 0) is 38.1 Å². The maximum Gasteiger partial charge on any atom is 0.303 e. The Morgan fingerprint density at radius 1 is 1.14 bits per heavy atom. The number of nitrogens with one attached hydrogen (secondary N) is 2. The number of carboxylic acid groups (broad SMARTS) is 1. The SMILES string of the molecule is CCCCCNC(=O)C(C)NCCC(C)(C)CCC(=O)O. The second-order valence-corrected chi connectivity index (χ2v) is 6.48. The highest BCUT2D eigenvalue weighted by Gasteiger charge is 2.20. The van der Waals surface area contributed by atoms with Crippen molar-refractivity contribution in [2.75, 3.05) is 13.1 Å². The first-order valence-electron chi connectivity index (χ1n) is 8.01. The summed E-state index contributed by atoms with van der Waals surface area (Å²) in [4.78, 5) is 22.4. The lowest BCUT2D eigenvalue weighted by molar-refractivity contribution is -0.137. The zero-order valence-electron chi connectivity index (χ0n) is 14.0. The summed E-state index contributed by atoms with van der Waals surface area (Å²) in [5.74, 6) is -0.717. The number of hydrogen-bond donors (Lipinski definition) is 3. The van der Waals surface area contributed by atoms with Crippen LogP contribution in [0.4, 0.5) is 0 Å². The number of aliphatic carboxylic acids is 1. The van der Waals surface area contributed by atoms with Gasteiger partial charge in [0.25, 0.3) is 0 Å². The smallest absolute Gasteiger partial charge is 0.303 e. The molecule has 0 aromatic heterocycles. The monoisotopic (exact) mass is 300 g/mol. The van der Waals surface area contributed by atoms with E-state index in [1.807, 2.05) is 6.92 Å². The number of amides is 1. The molecule has 0 radical (unpaired) electrons. The molecule has 5 heteroatoms. The summed E-state index contributed by atoms with van der Waals surface area (Å²) in [5.41, 5.74) is -0.0251. The van der Waals surface area contributed by atoms with Crippen molar-refractivity contribution in [2.45, 2.75) is 72.3 Å². The average molecular weight is 300 g/mol. The first-order valence-corrected chi connectivity index (χ1v) is 8.01. The van der Waals surface area contributed by atoms with Crippen molar-refractivity contribution in [3.63, 3.8) is 0 Å². The molecular weight excluding hydrogens is 268 g/mol. The highest BCUT2D eigenvalue weighted by Crippen LogP contribution is 2.26. The molecule has 5 nitrogen and oxygen atoms in total. The minimum absolute atomic E-state index is 0.0251. The highest BCUT2D eigenvalue weighted by molar-refractivity contribution is 5.81. The molecule has 0 fully saturated rings. The summed E-state index contributed by atoms with van der Waals surface area (Å²) >= 11 is 0. The second kappa shape index (κ2) is 10.6. The van der Waals surface area contributed by atoms with Crippen LogP contribution >= 0.6 is 0 Å². The van der Waals surface area contributed by atoms with Crippen LogP contribution in [-0.4, -0.2) is 36.1 Å². The molecule has 0 saturated heterocycles. The van der Waals surface area contributed by atoms with E-state index in [0.717, 1.165) is 38.8 Å². The Hall–Kier alpha value is -1.10. The standard InChI is InChI=1S/C16H32N2O3/c1-5-6-7-11-18-15(21)13(2)17-12-10-16(3,4)9-8-14(19)20/h13,17H,5-12H2,1-4H3,(H,18,21)(H,19,20). The van der Waals surface area contributed by atoms with Crippen LogP contribution in [-0.2, 0) is 9.59 Å². The first-order chi connectivity index (χ1) is 9.78. The summed E-state index contributed by atoms with van der Waals surface area (Å²) in [6.45, 7) is 9.58. The second-order valence-electron chi connectivity index (χ2n) is 6.48. The lowest BCUT2D eigenvalue weighted by Crippen LogP contribution is -2.43. The van der Waals surface area contributed by atoms with E-state index in [-0.39, 0.29) is 23.8 Å². The molecule has 0 bridgehead atoms. The normalized spacial score (nSPS) is 13.0. The summed E-state index contributed by atoms with van der Waals surface area (Å²) in [6, 6.07) is -0.207. The minimum atomic E-state index is -0.754. The van der Waals surface area contributed by atoms with Gasteiger partial charge in [-0.25, -0.2) is 0 Å². The van der Waals surface area contributed by atoms with Crippen LogP contribution < -0.4 is 10.6 Å². The summed E-state index contributed by atoms with van der Waals surface area (Å²) < 4.78 is 0. The van der Waals surface area contributed by atoms with E-state index in [0.29, 0.717) is 6.42 Å². The number of unbranched alkanes of at least 4 members (excludes halogenated alkanes) is 2. The fourth-order valence-corrected chi connectivity index (χ4v) is 2.03. The van der Waals surface area contributed by atoms with Crippen molar-refractivity contribution in [1.82, 2.24) is 10.6 Å². The Labute approximate surface area is 128 Å². The van der Waals surface area contributed by atoms with Gasteiger partial charge in [0.2, 0.25) is 5.91 Å². The third-order valence-electron chi connectivity index (χ3n) is 3.74. The van der Waals surface area contributed by atoms with Gasteiger partial charge in [-0.3, -0.25) is 9.59 Å². The molecule has 21 heavy (non-hydrogen) atoms. The Morgan fingerprint density at radius 3 is 2.38 bits per heavy atom. The number of hydrogen-bond acceptors (Lipinski definition) is 3. The van der Waals surface area contributed by atoms with Gasteiger partial charge in [0.05, 0.1) is 6.04 Å². The molecule has 1 unspecified atom stereocenters. The van der Waals surface area contributed by atoms with Crippen molar-refractivity contribution in [2.24, 2.45) is 5.41 Å². The molecule has 0 aromatic rings. The third kappa shape index (κ3) is 11.3. The zero-order chi connectivity index (χ0) is 16.3. The van der Waals surface area contributed by atoms with Gasteiger partial charge >= 0.3 is 5.97 Å². The predicted molar refractivity (Wildman–Crippen MR) is 85.3 cm³/mol. The summed E-state index contributed by atoms with van der Waals surface area (Å²) in [6.07, 6.45) is 5.02. The number of carbonyl (C=O) groups excluding carboxylic acids is 1. The fourth-order valence-electron chi connectivity index (χ4n) is 2.03. The van der Waals surface area contributed by atoms with Gasteiger partial charge in [-0.15, -0.1) is 0 Å². The predicted octanol–water partition coefficient (Wildman–Crippen LogP) is 2.55. The van der Waals surface area contributed by atoms with Crippen molar-refractivity contribution in [3.05, 3.63) is 0 Å². The van der Waals surface area contributed by atoms with Gasteiger partial charge in [-0.2, -0.15) is 0 Å². The third-order valence-corrected chi connectivity index (χ3v) is 3.74. The van der Waals surface area contributed by atoms with E-state index >= 15 is 0 Å². The Morgan fingerprint density at radius 2 is 1.81 bits per heavy atom. The molecule has 1 amide bonds. The van der Waals surface area contributed by atoms with Crippen LogP contribution in [0.3, 0.4) is 0 Å². The van der Waals surface area contributed by atoms with Crippen LogP contribution in [0.1, 0.15) is 66.2 Å². The lowest BCUT2D eigenvalue weighted by Gasteiger charge is -2.25. The van der Waals surface area contributed by atoms with E-state index < -0.39 is 5.97 Å². The Kier molecular flexibility index (Phi) is 10.0. The highest BCUT2D eigenvalue weighted by atomic mass is 16.4. The lowest BCUT2D eigenvalue weighted by atomic mass is 9.84. The number of rotatable bonds is 12. The molecule has 0 aromatic carbocycles. The van der Waals surface area contributed by atoms with Gasteiger partial charge in [-0.1, -0.05) is 33.6 Å². The van der Waals surface area contributed by atoms with Gasteiger partial charge in [0.1, 0.15) is 0 Å². The van der Waals surface area contributed by atoms with E-state index in [9.17, 15) is 9.59 Å². The first kappa shape index (κ1) is 19.9. The van der Waals surface area contributed by atoms with Crippen LogP contribution in [0, 0.1) is 5.41 Å². The Bertz CT molecular complexity index is 317. The van der Waals surface area contributed by atoms with Crippen molar-refractivity contribution in [3.8, 4) is 0 Å². The van der Waals surface area contributed by atoms with Crippen molar-refractivity contribution < 1.29 is 14.7 Å². The average Bonchev–Trinajstić information content (AvgIpc) is 2.41.